The molecule has 0 radical (unpaired) electrons. The minimum Gasteiger partial charge on any atom is -0.494 e. The topological polar surface area (TPSA) is 89.0 Å². The number of methoxy groups -OCH3 is 2. The fraction of sp³-hybridized carbons (Fsp3) is 0.455. The van der Waals surface area contributed by atoms with Gasteiger partial charge in [0.1, 0.15) is 18.0 Å². The number of anilines is 2. The molecule has 1 aliphatic heterocycles. The first-order chi connectivity index (χ1) is 8.17. The van der Waals surface area contributed by atoms with E-state index < -0.39 is 0 Å². The van der Waals surface area contributed by atoms with E-state index in [9.17, 15) is 0 Å². The quantitative estimate of drug-likeness (QED) is 0.754. The Hall–Kier alpha value is -1.82. The number of nitrogens with two attached hydrogens (primary N) is 2. The third-order valence-corrected chi connectivity index (χ3v) is 2.54. The summed E-state index contributed by atoms with van der Waals surface area (Å²) in [5.41, 5.74) is 12.6. The predicted molar refractivity (Wildman–Crippen MR) is 63.6 cm³/mol. The van der Waals surface area contributed by atoms with Gasteiger partial charge in [0.25, 0.3) is 0 Å². The van der Waals surface area contributed by atoms with Crippen molar-refractivity contribution < 1.29 is 18.9 Å². The van der Waals surface area contributed by atoms with Gasteiger partial charge in [-0.3, -0.25) is 0 Å². The number of nitrogen functional groups attached to an aromatic ring is 2. The van der Waals surface area contributed by atoms with Gasteiger partial charge in [-0.05, 0) is 0 Å². The highest BCUT2D eigenvalue weighted by atomic mass is 16.6. The molecule has 2 rings (SSSR count). The van der Waals surface area contributed by atoms with E-state index in [0.717, 1.165) is 0 Å². The van der Waals surface area contributed by atoms with Crippen LogP contribution in [0.2, 0.25) is 0 Å². The highest BCUT2D eigenvalue weighted by Crippen LogP contribution is 2.46. The van der Waals surface area contributed by atoms with Crippen LogP contribution in [0.1, 0.15) is 0 Å². The highest BCUT2D eigenvalue weighted by molar-refractivity contribution is 5.77. The van der Waals surface area contributed by atoms with E-state index in [1.54, 1.807) is 13.2 Å². The smallest absolute Gasteiger partial charge is 0.190 e. The molecule has 0 fully saturated rings. The lowest BCUT2D eigenvalue weighted by atomic mass is 10.2. The first-order valence-corrected chi connectivity index (χ1v) is 5.21. The average Bonchev–Trinajstić information content (AvgIpc) is 2.34. The molecule has 1 heterocycles. The van der Waals surface area contributed by atoms with Crippen LogP contribution in [0.25, 0.3) is 0 Å². The predicted octanol–water partition coefficient (Wildman–Crippen LogP) is 0.646. The van der Waals surface area contributed by atoms with Crippen LogP contribution in [0, 0.1) is 0 Å². The van der Waals surface area contributed by atoms with Crippen molar-refractivity contribution in [3.8, 4) is 17.2 Å². The Balaban J connectivity index is 2.37. The average molecular weight is 240 g/mol. The van der Waals surface area contributed by atoms with Crippen LogP contribution in [0.4, 0.5) is 11.4 Å². The van der Waals surface area contributed by atoms with Gasteiger partial charge in [0.05, 0.1) is 19.4 Å². The number of benzene rings is 1. The number of fused-ring (bicyclic) bond motifs is 1. The van der Waals surface area contributed by atoms with E-state index in [1.165, 1.54) is 7.11 Å². The third-order valence-electron chi connectivity index (χ3n) is 2.54. The molecular formula is C11H16N2O4. The summed E-state index contributed by atoms with van der Waals surface area (Å²) in [6.45, 7) is 0.812. The molecule has 6 nitrogen and oxygen atoms in total. The molecule has 0 aromatic heterocycles. The Morgan fingerprint density at radius 3 is 2.76 bits per heavy atom. The zero-order valence-corrected chi connectivity index (χ0v) is 9.86. The molecule has 0 saturated heterocycles. The van der Waals surface area contributed by atoms with Gasteiger partial charge in [0, 0.05) is 13.2 Å². The van der Waals surface area contributed by atoms with E-state index in [1.807, 2.05) is 0 Å². The zero-order chi connectivity index (χ0) is 12.4. The fourth-order valence-electron chi connectivity index (χ4n) is 1.73. The minimum absolute atomic E-state index is 0.193. The summed E-state index contributed by atoms with van der Waals surface area (Å²) >= 11 is 0. The van der Waals surface area contributed by atoms with Gasteiger partial charge in [0.15, 0.2) is 17.6 Å². The maximum Gasteiger partial charge on any atom is 0.190 e. The molecule has 6 heteroatoms. The van der Waals surface area contributed by atoms with Crippen LogP contribution >= 0.6 is 0 Å². The molecule has 0 saturated carbocycles. The molecule has 1 aromatic rings. The minimum atomic E-state index is -0.193. The fourth-order valence-corrected chi connectivity index (χ4v) is 1.73. The van der Waals surface area contributed by atoms with Crippen molar-refractivity contribution in [2.75, 3.05) is 38.9 Å². The number of hydrogen-bond acceptors (Lipinski definition) is 6. The van der Waals surface area contributed by atoms with Crippen LogP contribution < -0.4 is 25.7 Å². The molecule has 4 N–H and O–H groups in total. The van der Waals surface area contributed by atoms with Gasteiger partial charge in [-0.1, -0.05) is 0 Å². The summed E-state index contributed by atoms with van der Waals surface area (Å²) < 4.78 is 21.4. The molecule has 0 aliphatic carbocycles. The largest absolute Gasteiger partial charge is 0.494 e. The summed E-state index contributed by atoms with van der Waals surface area (Å²) in [4.78, 5) is 0. The van der Waals surface area contributed by atoms with Crippen molar-refractivity contribution in [1.29, 1.82) is 0 Å². The van der Waals surface area contributed by atoms with Gasteiger partial charge in [-0.25, -0.2) is 0 Å². The Morgan fingerprint density at radius 2 is 2.12 bits per heavy atom. The van der Waals surface area contributed by atoms with Crippen LogP contribution in [-0.2, 0) is 4.74 Å². The number of rotatable bonds is 3. The third kappa shape index (κ3) is 2.03. The lowest BCUT2D eigenvalue weighted by Gasteiger charge is -2.28. The maximum atomic E-state index is 5.92. The Labute approximate surface area is 99.4 Å². The zero-order valence-electron chi connectivity index (χ0n) is 9.86. The van der Waals surface area contributed by atoms with Crippen molar-refractivity contribution in [2.24, 2.45) is 0 Å². The highest BCUT2D eigenvalue weighted by Gasteiger charge is 2.27. The summed E-state index contributed by atoms with van der Waals surface area (Å²) in [7, 11) is 3.12. The normalized spacial score (nSPS) is 17.9. The van der Waals surface area contributed by atoms with Crippen molar-refractivity contribution in [1.82, 2.24) is 0 Å². The van der Waals surface area contributed by atoms with Gasteiger partial charge >= 0.3 is 0 Å². The first kappa shape index (κ1) is 11.7. The van der Waals surface area contributed by atoms with Crippen LogP contribution in [0.3, 0.4) is 0 Å². The molecule has 0 spiro atoms. The molecule has 94 valence electrons. The lowest BCUT2D eigenvalue weighted by molar-refractivity contribution is 0.0281. The number of hydrogen-bond donors (Lipinski definition) is 2. The van der Waals surface area contributed by atoms with Crippen molar-refractivity contribution in [3.63, 3.8) is 0 Å². The van der Waals surface area contributed by atoms with Gasteiger partial charge in [0.2, 0.25) is 0 Å². The second kappa shape index (κ2) is 4.58. The number of ether oxygens (including phenoxy) is 4. The van der Waals surface area contributed by atoms with E-state index in [2.05, 4.69) is 0 Å². The summed E-state index contributed by atoms with van der Waals surface area (Å²) in [6.07, 6.45) is -0.193. The maximum absolute atomic E-state index is 5.92. The molecule has 1 atom stereocenters. The first-order valence-electron chi connectivity index (χ1n) is 5.21. The van der Waals surface area contributed by atoms with E-state index in [0.29, 0.717) is 41.8 Å². The van der Waals surface area contributed by atoms with Crippen LogP contribution in [-0.4, -0.2) is 33.5 Å². The van der Waals surface area contributed by atoms with Crippen molar-refractivity contribution >= 4 is 11.4 Å². The van der Waals surface area contributed by atoms with E-state index in [-0.39, 0.29) is 6.10 Å². The molecule has 1 aromatic carbocycles. The standard InChI is InChI=1S/C11H16N2O4/c1-14-4-6-5-16-10-7(12)3-8(15-2)9(13)11(10)17-6/h3,6H,4-5,12-13H2,1-2H3. The van der Waals surface area contributed by atoms with Crippen molar-refractivity contribution in [2.45, 2.75) is 6.10 Å². The van der Waals surface area contributed by atoms with E-state index in [4.69, 9.17) is 30.4 Å². The van der Waals surface area contributed by atoms with Crippen LogP contribution in [0.5, 0.6) is 17.2 Å². The second-order valence-corrected chi connectivity index (χ2v) is 3.75. The molecule has 0 amide bonds. The molecule has 17 heavy (non-hydrogen) atoms. The molecule has 0 bridgehead atoms. The monoisotopic (exact) mass is 240 g/mol. The van der Waals surface area contributed by atoms with Gasteiger partial charge < -0.3 is 30.4 Å². The van der Waals surface area contributed by atoms with Crippen LogP contribution in [0.15, 0.2) is 6.07 Å². The molecule has 1 aliphatic rings. The SMILES string of the molecule is COCC1COc2c(N)cc(OC)c(N)c2O1. The van der Waals surface area contributed by atoms with Crippen molar-refractivity contribution in [3.05, 3.63) is 6.07 Å². The Morgan fingerprint density at radius 1 is 1.35 bits per heavy atom. The second-order valence-electron chi connectivity index (χ2n) is 3.75. The van der Waals surface area contributed by atoms with E-state index >= 15 is 0 Å². The Bertz CT molecular complexity index is 422. The summed E-state index contributed by atoms with van der Waals surface area (Å²) in [6, 6.07) is 1.62. The lowest BCUT2D eigenvalue weighted by Crippen LogP contribution is -2.33. The Kier molecular flexibility index (Phi) is 3.14. The van der Waals surface area contributed by atoms with Gasteiger partial charge in [-0.2, -0.15) is 0 Å². The summed E-state index contributed by atoms with van der Waals surface area (Å²) in [5.74, 6) is 1.37. The molecule has 1 unspecified atom stereocenters. The molecular weight excluding hydrogens is 224 g/mol. The van der Waals surface area contributed by atoms with Gasteiger partial charge in [-0.15, -0.1) is 0 Å². The summed E-state index contributed by atoms with van der Waals surface area (Å²) in [5, 5.41) is 0.